The molecule has 0 bridgehead atoms. The Morgan fingerprint density at radius 3 is 1.87 bits per heavy atom. The van der Waals surface area contributed by atoms with Gasteiger partial charge in [-0.05, 0) is 6.42 Å². The number of halogens is 4. The third-order valence-corrected chi connectivity index (χ3v) is 5.04. The Labute approximate surface area is 152 Å². The van der Waals surface area contributed by atoms with Crippen molar-refractivity contribution in [2.75, 3.05) is 13.2 Å². The minimum atomic E-state index is -0.761. The number of benzene rings is 1. The summed E-state index contributed by atoms with van der Waals surface area (Å²) in [5.74, 6) is -2.22. The number of carbonyl (C=O) groups is 3. The van der Waals surface area contributed by atoms with Gasteiger partial charge in [-0.25, -0.2) is 0 Å². The molecule has 0 spiro atoms. The van der Waals surface area contributed by atoms with Gasteiger partial charge in [-0.1, -0.05) is 59.7 Å². The van der Waals surface area contributed by atoms with Gasteiger partial charge < -0.3 is 4.74 Å². The van der Waals surface area contributed by atoms with E-state index in [1.165, 1.54) is 0 Å². The molecule has 0 unspecified atom stereocenters. The largest absolute Gasteiger partial charge is 0.464 e. The van der Waals surface area contributed by atoms with Crippen LogP contribution in [0, 0.1) is 0 Å². The molecule has 0 aliphatic carbocycles. The van der Waals surface area contributed by atoms with Crippen LogP contribution < -0.4 is 0 Å². The monoisotopic (exact) mass is 397 g/mol. The van der Waals surface area contributed by atoms with Crippen LogP contribution in [0.5, 0.6) is 0 Å². The molecule has 1 heterocycles. The number of carbonyl (C=O) groups excluding carboxylic acids is 3. The minimum absolute atomic E-state index is 0.120. The average Bonchev–Trinajstić information content (AvgIpc) is 2.76. The molecule has 0 fully saturated rings. The van der Waals surface area contributed by atoms with Gasteiger partial charge in [0.05, 0.1) is 37.8 Å². The summed E-state index contributed by atoms with van der Waals surface area (Å²) >= 11 is 23.8. The Balaban J connectivity index is 2.30. The molecule has 23 heavy (non-hydrogen) atoms. The Morgan fingerprint density at radius 2 is 1.43 bits per heavy atom. The smallest absolute Gasteiger partial charge is 0.326 e. The standard InChI is InChI=1S/C14H11Cl4NO4/c1-2-3-4-23-6(20)5-19-13(21)7-8(14(19)22)10(16)12(18)11(17)9(7)15/h2-5H2,1H3. The maximum Gasteiger partial charge on any atom is 0.326 e. The van der Waals surface area contributed by atoms with Crippen LogP contribution in [0.3, 0.4) is 0 Å². The van der Waals surface area contributed by atoms with E-state index in [0.29, 0.717) is 11.3 Å². The van der Waals surface area contributed by atoms with Gasteiger partial charge in [-0.2, -0.15) is 0 Å². The number of hydrogen-bond donors (Lipinski definition) is 0. The number of ether oxygens (including phenoxy) is 1. The molecule has 124 valence electrons. The molecule has 0 atom stereocenters. The second-order valence-electron chi connectivity index (χ2n) is 4.78. The zero-order valence-electron chi connectivity index (χ0n) is 11.9. The molecule has 0 aromatic heterocycles. The quantitative estimate of drug-likeness (QED) is 0.244. The van der Waals surface area contributed by atoms with Crippen LogP contribution >= 0.6 is 46.4 Å². The number of nitrogens with zero attached hydrogens (tertiary/aromatic N) is 1. The summed E-state index contributed by atoms with van der Waals surface area (Å²) in [5, 5.41) is -0.580. The topological polar surface area (TPSA) is 63.7 Å². The van der Waals surface area contributed by atoms with E-state index in [1.54, 1.807) is 0 Å². The van der Waals surface area contributed by atoms with E-state index in [0.717, 1.165) is 6.42 Å². The third-order valence-electron chi connectivity index (χ3n) is 3.23. The first-order valence-corrected chi connectivity index (χ1v) is 8.20. The molecule has 2 rings (SSSR count). The van der Waals surface area contributed by atoms with Crippen LogP contribution in [0.1, 0.15) is 40.5 Å². The number of esters is 1. The normalized spacial score (nSPS) is 13.5. The van der Waals surface area contributed by atoms with Gasteiger partial charge in [0.15, 0.2) is 0 Å². The first-order valence-electron chi connectivity index (χ1n) is 6.69. The SMILES string of the molecule is CCCCOC(=O)CN1C(=O)c2c(Cl)c(Cl)c(Cl)c(Cl)c2C1=O. The molecule has 1 aromatic rings. The first-order chi connectivity index (χ1) is 10.8. The third kappa shape index (κ3) is 3.29. The summed E-state index contributed by atoms with van der Waals surface area (Å²) in [7, 11) is 0. The number of imide groups is 1. The van der Waals surface area contributed by atoms with Gasteiger partial charge in [-0.3, -0.25) is 19.3 Å². The van der Waals surface area contributed by atoms with Crippen molar-refractivity contribution in [1.29, 1.82) is 0 Å². The van der Waals surface area contributed by atoms with E-state index < -0.39 is 24.3 Å². The number of rotatable bonds is 5. The van der Waals surface area contributed by atoms with Gasteiger partial charge in [0.2, 0.25) is 0 Å². The van der Waals surface area contributed by atoms with Crippen molar-refractivity contribution in [3.05, 3.63) is 31.2 Å². The van der Waals surface area contributed by atoms with Crippen LogP contribution in [0.2, 0.25) is 20.1 Å². The lowest BCUT2D eigenvalue weighted by Crippen LogP contribution is -2.35. The van der Waals surface area contributed by atoms with E-state index in [2.05, 4.69) is 0 Å². The highest BCUT2D eigenvalue weighted by Gasteiger charge is 2.42. The van der Waals surface area contributed by atoms with Gasteiger partial charge in [-0.15, -0.1) is 0 Å². The Hall–Kier alpha value is -1.01. The summed E-state index contributed by atoms with van der Waals surface area (Å²) in [6.07, 6.45) is 1.54. The zero-order valence-corrected chi connectivity index (χ0v) is 14.9. The van der Waals surface area contributed by atoms with E-state index in [-0.39, 0.29) is 37.8 Å². The first kappa shape index (κ1) is 18.3. The van der Waals surface area contributed by atoms with Gasteiger partial charge >= 0.3 is 5.97 Å². The average molecular weight is 399 g/mol. The van der Waals surface area contributed by atoms with E-state index in [9.17, 15) is 14.4 Å². The lowest BCUT2D eigenvalue weighted by molar-refractivity contribution is -0.144. The van der Waals surface area contributed by atoms with Crippen LogP contribution in [-0.4, -0.2) is 35.8 Å². The molecule has 2 amide bonds. The van der Waals surface area contributed by atoms with Crippen molar-refractivity contribution in [1.82, 2.24) is 4.90 Å². The van der Waals surface area contributed by atoms with E-state index in [4.69, 9.17) is 51.1 Å². The highest BCUT2D eigenvalue weighted by Crippen LogP contribution is 2.44. The van der Waals surface area contributed by atoms with Crippen molar-refractivity contribution in [2.45, 2.75) is 19.8 Å². The molecule has 0 saturated heterocycles. The van der Waals surface area contributed by atoms with Crippen molar-refractivity contribution >= 4 is 64.2 Å². The molecule has 1 aromatic carbocycles. The van der Waals surface area contributed by atoms with Crippen molar-refractivity contribution < 1.29 is 19.1 Å². The molecule has 9 heteroatoms. The molecule has 5 nitrogen and oxygen atoms in total. The number of hydrogen-bond acceptors (Lipinski definition) is 4. The van der Waals surface area contributed by atoms with Crippen LogP contribution in [0.4, 0.5) is 0 Å². The fourth-order valence-electron chi connectivity index (χ4n) is 2.04. The maximum absolute atomic E-state index is 12.4. The van der Waals surface area contributed by atoms with Gasteiger partial charge in [0.1, 0.15) is 6.54 Å². The van der Waals surface area contributed by atoms with Gasteiger partial charge in [0.25, 0.3) is 11.8 Å². The number of amides is 2. The van der Waals surface area contributed by atoms with Crippen LogP contribution in [0.25, 0.3) is 0 Å². The number of unbranched alkanes of at least 4 members (excludes halogenated alkanes) is 1. The number of fused-ring (bicyclic) bond motifs is 1. The van der Waals surface area contributed by atoms with E-state index >= 15 is 0 Å². The molecule has 0 radical (unpaired) electrons. The molecule has 0 N–H and O–H groups in total. The van der Waals surface area contributed by atoms with Crippen LogP contribution in [0.15, 0.2) is 0 Å². The van der Waals surface area contributed by atoms with Crippen molar-refractivity contribution in [3.63, 3.8) is 0 Å². The minimum Gasteiger partial charge on any atom is -0.464 e. The van der Waals surface area contributed by atoms with Crippen LogP contribution in [-0.2, 0) is 9.53 Å². The summed E-state index contributed by atoms with van der Waals surface area (Å²) in [4.78, 5) is 37.2. The molecular weight excluding hydrogens is 388 g/mol. The Kier molecular flexibility index (Phi) is 5.79. The maximum atomic E-state index is 12.4. The Bertz CT molecular complexity index is 658. The fraction of sp³-hybridized carbons (Fsp3) is 0.357. The lowest BCUT2D eigenvalue weighted by atomic mass is 10.1. The molecule has 1 aliphatic heterocycles. The Morgan fingerprint density at radius 1 is 0.957 bits per heavy atom. The fourth-order valence-corrected chi connectivity index (χ4v) is 3.06. The molecule has 1 aliphatic rings. The molecule has 0 saturated carbocycles. The highest BCUT2D eigenvalue weighted by atomic mass is 35.5. The predicted molar refractivity (Wildman–Crippen MR) is 87.7 cm³/mol. The summed E-state index contributed by atoms with van der Waals surface area (Å²) in [5.41, 5.74) is -0.310. The molecular formula is C14H11Cl4NO4. The van der Waals surface area contributed by atoms with Crippen molar-refractivity contribution in [2.24, 2.45) is 0 Å². The summed E-state index contributed by atoms with van der Waals surface area (Å²) in [6.45, 7) is 1.63. The summed E-state index contributed by atoms with van der Waals surface area (Å²) in [6, 6.07) is 0. The zero-order chi connectivity index (χ0) is 17.3. The van der Waals surface area contributed by atoms with Crippen molar-refractivity contribution in [3.8, 4) is 0 Å². The second-order valence-corrected chi connectivity index (χ2v) is 6.29. The highest BCUT2D eigenvalue weighted by molar-refractivity contribution is 6.55. The predicted octanol–water partition coefficient (Wildman–Crippen LogP) is 4.24. The van der Waals surface area contributed by atoms with Gasteiger partial charge in [0, 0.05) is 0 Å². The summed E-state index contributed by atoms with van der Waals surface area (Å²) < 4.78 is 4.94. The lowest BCUT2D eigenvalue weighted by Gasteiger charge is -2.12. The van der Waals surface area contributed by atoms with E-state index in [1.807, 2.05) is 6.92 Å². The second kappa shape index (κ2) is 7.26.